The predicted molar refractivity (Wildman–Crippen MR) is 101 cm³/mol. The van der Waals surface area contributed by atoms with E-state index < -0.39 is 11.7 Å². The lowest BCUT2D eigenvalue weighted by Gasteiger charge is -2.33. The van der Waals surface area contributed by atoms with Gasteiger partial charge in [0.05, 0.1) is 11.7 Å². The fraction of sp³-hybridized carbons (Fsp3) is 0.632. The van der Waals surface area contributed by atoms with Crippen molar-refractivity contribution in [3.8, 4) is 0 Å². The number of piperidine rings is 1. The zero-order chi connectivity index (χ0) is 19.2. The Morgan fingerprint density at radius 2 is 2.00 bits per heavy atom. The van der Waals surface area contributed by atoms with E-state index in [1.807, 2.05) is 0 Å². The zero-order valence-corrected chi connectivity index (χ0v) is 16.3. The molecule has 154 valence electrons. The van der Waals surface area contributed by atoms with E-state index in [1.165, 1.54) is 6.07 Å². The van der Waals surface area contributed by atoms with Crippen molar-refractivity contribution in [3.05, 3.63) is 35.4 Å². The highest BCUT2D eigenvalue weighted by atomic mass is 35.5. The Kier molecular flexibility index (Phi) is 9.56. The number of alkyl halides is 3. The zero-order valence-electron chi connectivity index (χ0n) is 15.5. The maximum Gasteiger partial charge on any atom is 0.416 e. The van der Waals surface area contributed by atoms with Gasteiger partial charge in [-0.2, -0.15) is 13.2 Å². The van der Waals surface area contributed by atoms with Crippen molar-refractivity contribution in [1.29, 1.82) is 0 Å². The normalized spacial score (nSPS) is 16.7. The summed E-state index contributed by atoms with van der Waals surface area (Å²) in [5.41, 5.74) is 5.29. The van der Waals surface area contributed by atoms with Gasteiger partial charge in [-0.05, 0) is 43.9 Å². The molecule has 1 atom stereocenters. The first kappa shape index (κ1) is 23.7. The van der Waals surface area contributed by atoms with Crippen molar-refractivity contribution in [1.82, 2.24) is 4.90 Å². The third-order valence-electron chi connectivity index (χ3n) is 4.67. The predicted octanol–water partition coefficient (Wildman–Crippen LogP) is 3.66. The number of likely N-dealkylation sites (tertiary alicyclic amines) is 1. The number of rotatable bonds is 7. The average molecular weight is 409 g/mol. The Bertz CT molecular complexity index is 591. The van der Waals surface area contributed by atoms with E-state index in [0.29, 0.717) is 38.2 Å². The number of carbonyl (C=O) groups excluding carboxylic acids is 1. The number of hydrogen-bond donors (Lipinski definition) is 1. The van der Waals surface area contributed by atoms with E-state index in [-0.39, 0.29) is 30.3 Å². The van der Waals surface area contributed by atoms with Crippen LogP contribution in [0.2, 0.25) is 0 Å². The lowest BCUT2D eigenvalue weighted by molar-refractivity contribution is -0.138. The number of ether oxygens (including phenoxy) is 1. The van der Waals surface area contributed by atoms with Crippen LogP contribution >= 0.6 is 12.4 Å². The summed E-state index contributed by atoms with van der Waals surface area (Å²) >= 11 is 0. The highest BCUT2D eigenvalue weighted by molar-refractivity contribution is 5.85. The summed E-state index contributed by atoms with van der Waals surface area (Å²) in [5.74, 6) is -0.365. The second kappa shape index (κ2) is 10.9. The van der Waals surface area contributed by atoms with Crippen molar-refractivity contribution in [3.63, 3.8) is 0 Å². The third kappa shape index (κ3) is 7.31. The van der Waals surface area contributed by atoms with Gasteiger partial charge in [-0.3, -0.25) is 4.79 Å². The van der Waals surface area contributed by atoms with Crippen LogP contribution in [-0.4, -0.2) is 43.2 Å². The maximum absolute atomic E-state index is 12.8. The summed E-state index contributed by atoms with van der Waals surface area (Å²) in [6, 6.07) is 5.20. The molecule has 1 fully saturated rings. The fourth-order valence-corrected chi connectivity index (χ4v) is 3.20. The Morgan fingerprint density at radius 1 is 1.33 bits per heavy atom. The molecule has 1 aliphatic rings. The van der Waals surface area contributed by atoms with Crippen molar-refractivity contribution in [2.75, 3.05) is 26.2 Å². The largest absolute Gasteiger partial charge is 0.416 e. The molecule has 2 rings (SSSR count). The molecule has 1 aromatic carbocycles. The van der Waals surface area contributed by atoms with Crippen LogP contribution in [0.3, 0.4) is 0 Å². The molecule has 0 radical (unpaired) electrons. The van der Waals surface area contributed by atoms with Gasteiger partial charge in [0.25, 0.3) is 0 Å². The summed E-state index contributed by atoms with van der Waals surface area (Å²) < 4.78 is 44.2. The van der Waals surface area contributed by atoms with E-state index in [2.05, 4.69) is 0 Å². The minimum absolute atomic E-state index is 0. The number of nitrogens with zero attached hydrogens (tertiary/aromatic N) is 1. The van der Waals surface area contributed by atoms with Crippen molar-refractivity contribution >= 4 is 18.3 Å². The molecule has 1 aromatic rings. The van der Waals surface area contributed by atoms with E-state index in [4.69, 9.17) is 10.5 Å². The highest BCUT2D eigenvalue weighted by Gasteiger charge is 2.31. The number of amides is 1. The Morgan fingerprint density at radius 3 is 2.59 bits per heavy atom. The van der Waals surface area contributed by atoms with Crippen LogP contribution in [0.5, 0.6) is 0 Å². The van der Waals surface area contributed by atoms with E-state index in [1.54, 1.807) is 17.9 Å². The Hall–Kier alpha value is -1.31. The molecule has 27 heavy (non-hydrogen) atoms. The number of nitrogens with two attached hydrogens (primary N) is 1. The first-order valence-electron chi connectivity index (χ1n) is 9.08. The van der Waals surface area contributed by atoms with Gasteiger partial charge in [-0.25, -0.2) is 0 Å². The first-order valence-corrected chi connectivity index (χ1v) is 9.08. The van der Waals surface area contributed by atoms with Crippen molar-refractivity contribution < 1.29 is 22.7 Å². The van der Waals surface area contributed by atoms with Crippen LogP contribution in [0, 0.1) is 5.92 Å². The second-order valence-electron chi connectivity index (χ2n) is 6.84. The number of halogens is 4. The molecule has 1 amide bonds. The molecule has 0 spiro atoms. The van der Waals surface area contributed by atoms with Crippen LogP contribution in [0.4, 0.5) is 13.2 Å². The molecule has 0 aromatic heterocycles. The number of hydrogen-bond acceptors (Lipinski definition) is 3. The van der Waals surface area contributed by atoms with Gasteiger partial charge in [0, 0.05) is 25.6 Å². The van der Waals surface area contributed by atoms with E-state index in [9.17, 15) is 18.0 Å². The molecule has 0 aliphatic carbocycles. The topological polar surface area (TPSA) is 55.6 Å². The average Bonchev–Trinajstić information content (AvgIpc) is 2.61. The van der Waals surface area contributed by atoms with Gasteiger partial charge in [-0.15, -0.1) is 12.4 Å². The van der Waals surface area contributed by atoms with Crippen molar-refractivity contribution in [2.24, 2.45) is 11.7 Å². The van der Waals surface area contributed by atoms with E-state index in [0.717, 1.165) is 31.4 Å². The molecule has 1 aliphatic heterocycles. The van der Waals surface area contributed by atoms with Gasteiger partial charge >= 0.3 is 6.18 Å². The van der Waals surface area contributed by atoms with Gasteiger partial charge in [0.2, 0.25) is 5.91 Å². The molecular formula is C19H28ClF3N2O2. The van der Waals surface area contributed by atoms with Crippen molar-refractivity contribution in [2.45, 2.75) is 44.9 Å². The summed E-state index contributed by atoms with van der Waals surface area (Å²) in [4.78, 5) is 14.4. The minimum atomic E-state index is -4.37. The first-order chi connectivity index (χ1) is 12.3. The summed E-state index contributed by atoms with van der Waals surface area (Å²) in [5, 5.41) is 0. The minimum Gasteiger partial charge on any atom is -0.378 e. The van der Waals surface area contributed by atoms with Gasteiger partial charge < -0.3 is 15.4 Å². The van der Waals surface area contributed by atoms with Crippen LogP contribution in [-0.2, 0) is 22.1 Å². The standard InChI is InChI=1S/C19H27F3N2O2.ClH/c1-14(12-15-4-2-5-16(13-15)19(20,21)22)18(25)24-9-6-17(7-10-24)26-11-3-8-23;/h2,4-5,13-14,17H,3,6-12,23H2,1H3;1H. The monoisotopic (exact) mass is 408 g/mol. The quantitative estimate of drug-likeness (QED) is 0.700. The molecule has 1 unspecified atom stereocenters. The van der Waals surface area contributed by atoms with E-state index >= 15 is 0 Å². The number of carbonyl (C=O) groups is 1. The second-order valence-corrected chi connectivity index (χ2v) is 6.84. The summed E-state index contributed by atoms with van der Waals surface area (Å²) in [7, 11) is 0. The third-order valence-corrected chi connectivity index (χ3v) is 4.67. The summed E-state index contributed by atoms with van der Waals surface area (Å²) in [6.07, 6.45) is -1.51. The molecule has 2 N–H and O–H groups in total. The Labute approximate surface area is 164 Å². The SMILES string of the molecule is CC(Cc1cccc(C(F)(F)F)c1)C(=O)N1CCC(OCCCN)CC1.Cl. The fourth-order valence-electron chi connectivity index (χ4n) is 3.20. The molecular weight excluding hydrogens is 381 g/mol. The summed E-state index contributed by atoms with van der Waals surface area (Å²) in [6.45, 7) is 4.26. The molecule has 1 saturated heterocycles. The van der Waals surface area contributed by atoms with Gasteiger partial charge in [0.15, 0.2) is 0 Å². The molecule has 4 nitrogen and oxygen atoms in total. The van der Waals surface area contributed by atoms with Crippen LogP contribution in [0.25, 0.3) is 0 Å². The maximum atomic E-state index is 12.8. The van der Waals surface area contributed by atoms with Gasteiger partial charge in [-0.1, -0.05) is 25.1 Å². The molecule has 1 heterocycles. The lowest BCUT2D eigenvalue weighted by atomic mass is 9.97. The smallest absolute Gasteiger partial charge is 0.378 e. The van der Waals surface area contributed by atoms with Crippen LogP contribution in [0.15, 0.2) is 24.3 Å². The molecule has 8 heteroatoms. The van der Waals surface area contributed by atoms with Crippen LogP contribution < -0.4 is 5.73 Å². The highest BCUT2D eigenvalue weighted by Crippen LogP contribution is 2.30. The molecule has 0 bridgehead atoms. The Balaban J connectivity index is 0.00000364. The number of benzene rings is 1. The lowest BCUT2D eigenvalue weighted by Crippen LogP contribution is -2.43. The molecule has 0 saturated carbocycles. The van der Waals surface area contributed by atoms with Gasteiger partial charge in [0.1, 0.15) is 0 Å². The van der Waals surface area contributed by atoms with Crippen LogP contribution in [0.1, 0.15) is 37.3 Å².